The van der Waals surface area contributed by atoms with Gasteiger partial charge in [-0.2, -0.15) is 4.98 Å². The zero-order valence-corrected chi connectivity index (χ0v) is 10.2. The van der Waals surface area contributed by atoms with Crippen molar-refractivity contribution in [2.24, 2.45) is 0 Å². The molecule has 92 valence electrons. The second-order valence-electron chi connectivity index (χ2n) is 3.95. The van der Waals surface area contributed by atoms with Crippen LogP contribution in [0.25, 0.3) is 0 Å². The molecule has 0 aliphatic rings. The van der Waals surface area contributed by atoms with E-state index in [1.807, 2.05) is 10.8 Å². The molecule has 6 nitrogen and oxygen atoms in total. The summed E-state index contributed by atoms with van der Waals surface area (Å²) in [5, 5.41) is 7.05. The molecular weight excluding hydrogens is 218 g/mol. The molecule has 0 fully saturated rings. The van der Waals surface area contributed by atoms with E-state index in [1.54, 1.807) is 13.3 Å². The molecule has 0 amide bonds. The van der Waals surface area contributed by atoms with Gasteiger partial charge < -0.3 is 14.4 Å². The van der Waals surface area contributed by atoms with Gasteiger partial charge in [-0.1, -0.05) is 12.1 Å². The Balaban J connectivity index is 1.89. The number of nitrogens with zero attached hydrogens (tertiary/aromatic N) is 4. The van der Waals surface area contributed by atoms with Gasteiger partial charge >= 0.3 is 0 Å². The summed E-state index contributed by atoms with van der Waals surface area (Å²) in [7, 11) is 0. The van der Waals surface area contributed by atoms with Gasteiger partial charge in [-0.3, -0.25) is 0 Å². The van der Waals surface area contributed by atoms with Crippen LogP contribution in [-0.4, -0.2) is 26.2 Å². The Morgan fingerprint density at radius 3 is 3.06 bits per heavy atom. The van der Waals surface area contributed by atoms with Gasteiger partial charge in [-0.25, -0.2) is 4.98 Å². The zero-order chi connectivity index (χ0) is 12.1. The fourth-order valence-electron chi connectivity index (χ4n) is 1.54. The fourth-order valence-corrected chi connectivity index (χ4v) is 1.54. The molecule has 17 heavy (non-hydrogen) atoms. The van der Waals surface area contributed by atoms with Crippen LogP contribution in [0.5, 0.6) is 0 Å². The normalized spacial score (nSPS) is 10.9. The van der Waals surface area contributed by atoms with E-state index in [-0.39, 0.29) is 0 Å². The van der Waals surface area contributed by atoms with Crippen LogP contribution in [0.2, 0.25) is 0 Å². The van der Waals surface area contributed by atoms with Crippen LogP contribution in [0, 0.1) is 6.92 Å². The SMILES string of the molecule is CCCNCc1cn(Cc2nc(C)no2)cn1. The standard InChI is InChI=1S/C11H17N5O/c1-3-4-12-5-10-6-16(8-13-10)7-11-14-9(2)15-17-11/h6,8,12H,3-5,7H2,1-2H3. The number of nitrogens with one attached hydrogen (secondary N) is 1. The van der Waals surface area contributed by atoms with E-state index in [0.29, 0.717) is 18.3 Å². The van der Waals surface area contributed by atoms with Gasteiger partial charge in [0.05, 0.1) is 12.0 Å². The summed E-state index contributed by atoms with van der Waals surface area (Å²) in [4.78, 5) is 8.45. The van der Waals surface area contributed by atoms with Crippen LogP contribution in [0.1, 0.15) is 30.8 Å². The molecular formula is C11H17N5O. The highest BCUT2D eigenvalue weighted by Gasteiger charge is 2.04. The summed E-state index contributed by atoms with van der Waals surface area (Å²) >= 11 is 0. The van der Waals surface area contributed by atoms with Gasteiger partial charge in [-0.05, 0) is 19.9 Å². The maximum Gasteiger partial charge on any atom is 0.246 e. The molecule has 0 saturated heterocycles. The van der Waals surface area contributed by atoms with Gasteiger partial charge in [0.15, 0.2) is 5.82 Å². The van der Waals surface area contributed by atoms with Crippen molar-refractivity contribution in [2.45, 2.75) is 33.4 Å². The molecule has 1 N–H and O–H groups in total. The molecule has 0 spiro atoms. The minimum absolute atomic E-state index is 0.571. The predicted molar refractivity (Wildman–Crippen MR) is 62.4 cm³/mol. The topological polar surface area (TPSA) is 68.8 Å². The molecule has 0 atom stereocenters. The summed E-state index contributed by atoms with van der Waals surface area (Å²) < 4.78 is 6.99. The van der Waals surface area contributed by atoms with Gasteiger partial charge in [0.1, 0.15) is 6.54 Å². The Morgan fingerprint density at radius 2 is 2.35 bits per heavy atom. The Morgan fingerprint density at radius 1 is 1.47 bits per heavy atom. The molecule has 0 bridgehead atoms. The van der Waals surface area contributed by atoms with Gasteiger partial charge in [-0.15, -0.1) is 0 Å². The van der Waals surface area contributed by atoms with E-state index >= 15 is 0 Å². The van der Waals surface area contributed by atoms with Gasteiger partial charge in [0.2, 0.25) is 5.89 Å². The van der Waals surface area contributed by atoms with Crippen LogP contribution in [-0.2, 0) is 13.1 Å². The molecule has 0 unspecified atom stereocenters. The lowest BCUT2D eigenvalue weighted by molar-refractivity contribution is 0.367. The molecule has 6 heteroatoms. The van der Waals surface area contributed by atoms with E-state index < -0.39 is 0 Å². The molecule has 2 aromatic rings. The minimum Gasteiger partial charge on any atom is -0.337 e. The summed E-state index contributed by atoms with van der Waals surface area (Å²) in [5.74, 6) is 1.26. The van der Waals surface area contributed by atoms with Gasteiger partial charge in [0.25, 0.3) is 0 Å². The van der Waals surface area contributed by atoms with Crippen LogP contribution in [0.4, 0.5) is 0 Å². The Kier molecular flexibility index (Phi) is 3.87. The average molecular weight is 235 g/mol. The van der Waals surface area contributed by atoms with Crippen molar-refractivity contribution >= 4 is 0 Å². The predicted octanol–water partition coefficient (Wildman–Crippen LogP) is 1.12. The van der Waals surface area contributed by atoms with Crippen LogP contribution >= 0.6 is 0 Å². The van der Waals surface area contributed by atoms with E-state index in [9.17, 15) is 0 Å². The van der Waals surface area contributed by atoms with Crippen molar-refractivity contribution in [3.8, 4) is 0 Å². The van der Waals surface area contributed by atoms with Crippen molar-refractivity contribution in [2.75, 3.05) is 6.54 Å². The molecule has 2 heterocycles. The Hall–Kier alpha value is -1.69. The third-order valence-corrected chi connectivity index (χ3v) is 2.31. The number of hydrogen-bond acceptors (Lipinski definition) is 5. The third-order valence-electron chi connectivity index (χ3n) is 2.31. The first-order valence-electron chi connectivity index (χ1n) is 5.78. The third kappa shape index (κ3) is 3.39. The molecule has 2 rings (SSSR count). The maximum atomic E-state index is 5.05. The van der Waals surface area contributed by atoms with E-state index in [4.69, 9.17) is 4.52 Å². The first kappa shape index (κ1) is 11.8. The van der Waals surface area contributed by atoms with Crippen molar-refractivity contribution in [1.29, 1.82) is 0 Å². The molecule has 2 aromatic heterocycles. The molecule has 0 aliphatic heterocycles. The fraction of sp³-hybridized carbons (Fsp3) is 0.545. The van der Waals surface area contributed by atoms with E-state index in [2.05, 4.69) is 27.4 Å². The number of aromatic nitrogens is 4. The highest BCUT2D eigenvalue weighted by molar-refractivity contribution is 4.98. The number of hydrogen-bond donors (Lipinski definition) is 1. The van der Waals surface area contributed by atoms with Gasteiger partial charge in [0, 0.05) is 12.7 Å². The number of aryl methyl sites for hydroxylation is 1. The monoisotopic (exact) mass is 235 g/mol. The van der Waals surface area contributed by atoms with Crippen molar-refractivity contribution in [1.82, 2.24) is 25.0 Å². The second kappa shape index (κ2) is 5.58. The Bertz CT molecular complexity index is 462. The van der Waals surface area contributed by atoms with Crippen LogP contribution in [0.3, 0.4) is 0 Å². The highest BCUT2D eigenvalue weighted by Crippen LogP contribution is 2.02. The lowest BCUT2D eigenvalue weighted by atomic mass is 10.4. The lowest BCUT2D eigenvalue weighted by Crippen LogP contribution is -2.13. The quantitative estimate of drug-likeness (QED) is 0.760. The van der Waals surface area contributed by atoms with E-state index in [1.165, 1.54) is 0 Å². The largest absolute Gasteiger partial charge is 0.337 e. The zero-order valence-electron chi connectivity index (χ0n) is 10.2. The summed E-state index contributed by atoms with van der Waals surface area (Å²) in [6.07, 6.45) is 4.90. The van der Waals surface area contributed by atoms with Crippen molar-refractivity contribution in [3.05, 3.63) is 29.9 Å². The maximum absolute atomic E-state index is 5.05. The molecule has 0 aromatic carbocycles. The van der Waals surface area contributed by atoms with Crippen LogP contribution < -0.4 is 5.32 Å². The van der Waals surface area contributed by atoms with Crippen molar-refractivity contribution in [3.63, 3.8) is 0 Å². The van der Waals surface area contributed by atoms with E-state index in [0.717, 1.165) is 25.2 Å². The van der Waals surface area contributed by atoms with Crippen molar-refractivity contribution < 1.29 is 4.52 Å². The summed E-state index contributed by atoms with van der Waals surface area (Å²) in [6.45, 7) is 6.32. The average Bonchev–Trinajstić information content (AvgIpc) is 2.90. The lowest BCUT2D eigenvalue weighted by Gasteiger charge is -1.98. The highest BCUT2D eigenvalue weighted by atomic mass is 16.5. The molecule has 0 radical (unpaired) electrons. The smallest absolute Gasteiger partial charge is 0.246 e. The molecule has 0 aliphatic carbocycles. The summed E-state index contributed by atoms with van der Waals surface area (Å²) in [5.41, 5.74) is 1.02. The number of imidazole rings is 1. The second-order valence-corrected chi connectivity index (χ2v) is 3.95. The minimum atomic E-state index is 0.571. The first-order valence-corrected chi connectivity index (χ1v) is 5.78. The number of rotatable bonds is 6. The first-order chi connectivity index (χ1) is 8.28. The molecule has 0 saturated carbocycles. The Labute approximate surface area is 100 Å². The van der Waals surface area contributed by atoms with Crippen LogP contribution in [0.15, 0.2) is 17.0 Å². The summed E-state index contributed by atoms with van der Waals surface area (Å²) in [6, 6.07) is 0.